The number of nitrogens with zero attached hydrogens (tertiary/aromatic N) is 3. The predicted octanol–water partition coefficient (Wildman–Crippen LogP) is 3.22. The van der Waals surface area contributed by atoms with E-state index in [1.165, 1.54) is 16.4 Å². The number of aryl methyl sites for hydroxylation is 1. The second kappa shape index (κ2) is 8.56. The van der Waals surface area contributed by atoms with Gasteiger partial charge >= 0.3 is 0 Å². The Hall–Kier alpha value is -3.11. The first-order chi connectivity index (χ1) is 14.8. The number of piperidine rings is 1. The summed E-state index contributed by atoms with van der Waals surface area (Å²) in [6, 6.07) is 11.9. The Morgan fingerprint density at radius 2 is 1.81 bits per heavy atom. The third-order valence-corrected chi connectivity index (χ3v) is 7.14. The van der Waals surface area contributed by atoms with E-state index in [9.17, 15) is 17.6 Å². The highest BCUT2D eigenvalue weighted by Crippen LogP contribution is 2.28. The van der Waals surface area contributed by atoms with Gasteiger partial charge in [-0.1, -0.05) is 17.3 Å². The normalized spacial score (nSPS) is 15.7. The van der Waals surface area contributed by atoms with Crippen molar-refractivity contribution in [2.24, 2.45) is 5.92 Å². The Labute approximate surface area is 179 Å². The summed E-state index contributed by atoms with van der Waals surface area (Å²) >= 11 is 0. The van der Waals surface area contributed by atoms with E-state index in [1.54, 1.807) is 25.1 Å². The van der Waals surface area contributed by atoms with Crippen LogP contribution in [0.1, 0.15) is 18.7 Å². The van der Waals surface area contributed by atoms with Gasteiger partial charge < -0.3 is 9.84 Å². The maximum atomic E-state index is 13.1. The van der Waals surface area contributed by atoms with Crippen molar-refractivity contribution in [2.45, 2.75) is 24.7 Å². The summed E-state index contributed by atoms with van der Waals surface area (Å²) in [6.07, 6.45) is 0.769. The number of rotatable bonds is 5. The molecule has 0 saturated carbocycles. The third kappa shape index (κ3) is 4.49. The van der Waals surface area contributed by atoms with Crippen molar-refractivity contribution in [1.29, 1.82) is 0 Å². The van der Waals surface area contributed by atoms with Crippen LogP contribution < -0.4 is 5.32 Å². The van der Waals surface area contributed by atoms with Crippen LogP contribution in [-0.4, -0.2) is 41.9 Å². The van der Waals surface area contributed by atoms with Gasteiger partial charge in [0, 0.05) is 31.5 Å². The zero-order chi connectivity index (χ0) is 22.0. The van der Waals surface area contributed by atoms with Gasteiger partial charge in [-0.25, -0.2) is 12.8 Å². The lowest BCUT2D eigenvalue weighted by Crippen LogP contribution is -2.41. The maximum absolute atomic E-state index is 13.1. The molecule has 8 nitrogen and oxygen atoms in total. The first-order valence-electron chi connectivity index (χ1n) is 9.81. The predicted molar refractivity (Wildman–Crippen MR) is 111 cm³/mol. The molecule has 2 heterocycles. The average Bonchev–Trinajstić information content (AvgIpc) is 3.20. The number of carbonyl (C=O) groups is 1. The minimum Gasteiger partial charge on any atom is -0.339 e. The number of benzene rings is 2. The highest BCUT2D eigenvalue weighted by Gasteiger charge is 2.32. The molecule has 1 fully saturated rings. The van der Waals surface area contributed by atoms with Crippen LogP contribution in [-0.2, 0) is 14.8 Å². The number of aromatic nitrogens is 2. The van der Waals surface area contributed by atoms with Crippen LogP contribution in [0, 0.1) is 18.7 Å². The Bertz CT molecular complexity index is 1190. The van der Waals surface area contributed by atoms with Crippen LogP contribution in [0.4, 0.5) is 10.1 Å². The molecule has 0 aliphatic carbocycles. The maximum Gasteiger partial charge on any atom is 0.243 e. The highest BCUT2D eigenvalue weighted by atomic mass is 32.2. The van der Waals surface area contributed by atoms with Gasteiger partial charge in [0.2, 0.25) is 27.6 Å². The lowest BCUT2D eigenvalue weighted by Gasteiger charge is -2.30. The van der Waals surface area contributed by atoms with Gasteiger partial charge in [0.25, 0.3) is 0 Å². The van der Waals surface area contributed by atoms with Crippen molar-refractivity contribution in [3.63, 3.8) is 0 Å². The number of sulfonamides is 1. The van der Waals surface area contributed by atoms with Gasteiger partial charge in [0.1, 0.15) is 5.82 Å². The topological polar surface area (TPSA) is 105 Å². The van der Waals surface area contributed by atoms with E-state index in [-0.39, 0.29) is 29.8 Å². The summed E-state index contributed by atoms with van der Waals surface area (Å²) in [5.74, 6) is -0.212. The summed E-state index contributed by atoms with van der Waals surface area (Å²) in [7, 11) is -3.72. The molecule has 162 valence electrons. The Balaban J connectivity index is 1.42. The van der Waals surface area contributed by atoms with Gasteiger partial charge in [-0.3, -0.25) is 4.79 Å². The minimum absolute atomic E-state index is 0.0427. The molecular weight excluding hydrogens is 423 g/mol. The van der Waals surface area contributed by atoms with E-state index >= 15 is 0 Å². The summed E-state index contributed by atoms with van der Waals surface area (Å²) in [5.41, 5.74) is 1.21. The fourth-order valence-corrected chi connectivity index (χ4v) is 5.01. The molecule has 1 saturated heterocycles. The SMILES string of the molecule is Cc1nc(-c2ccccc2NC(=O)C2CCN(S(=O)(=O)c3ccc(F)cc3)CC2)no1. The van der Waals surface area contributed by atoms with Crippen molar-refractivity contribution >= 4 is 21.6 Å². The molecule has 10 heteroatoms. The second-order valence-corrected chi connectivity index (χ2v) is 9.24. The number of carbonyl (C=O) groups excluding carboxylic acids is 1. The molecule has 1 amide bonds. The zero-order valence-corrected chi connectivity index (χ0v) is 17.6. The Morgan fingerprint density at radius 1 is 1.13 bits per heavy atom. The molecule has 0 radical (unpaired) electrons. The Kier molecular flexibility index (Phi) is 5.84. The summed E-state index contributed by atoms with van der Waals surface area (Å²) < 4.78 is 45.0. The van der Waals surface area contributed by atoms with Crippen LogP contribution in [0.15, 0.2) is 57.9 Å². The molecule has 31 heavy (non-hydrogen) atoms. The standard InChI is InChI=1S/C21H21FN4O4S/c1-14-23-20(25-30-14)18-4-2-3-5-19(18)24-21(27)15-10-12-26(13-11-15)31(28,29)17-8-6-16(22)7-9-17/h2-9,15H,10-13H2,1H3,(H,24,27). The highest BCUT2D eigenvalue weighted by molar-refractivity contribution is 7.89. The van der Waals surface area contributed by atoms with E-state index in [4.69, 9.17) is 4.52 Å². The van der Waals surface area contributed by atoms with E-state index in [2.05, 4.69) is 15.5 Å². The molecule has 1 aromatic heterocycles. The molecule has 2 aromatic carbocycles. The molecule has 1 N–H and O–H groups in total. The van der Waals surface area contributed by atoms with Crippen LogP contribution in [0.3, 0.4) is 0 Å². The van der Waals surface area contributed by atoms with Gasteiger partial charge in [0.15, 0.2) is 0 Å². The first kappa shape index (κ1) is 21.1. The average molecular weight is 444 g/mol. The van der Waals surface area contributed by atoms with Gasteiger partial charge in [-0.15, -0.1) is 0 Å². The quantitative estimate of drug-likeness (QED) is 0.648. The van der Waals surface area contributed by atoms with Crippen LogP contribution >= 0.6 is 0 Å². The van der Waals surface area contributed by atoms with Gasteiger partial charge in [-0.2, -0.15) is 9.29 Å². The minimum atomic E-state index is -3.72. The van der Waals surface area contributed by atoms with E-state index in [1.807, 2.05) is 6.07 Å². The lowest BCUT2D eigenvalue weighted by atomic mass is 9.97. The molecule has 0 unspecified atom stereocenters. The van der Waals surface area contributed by atoms with Gasteiger partial charge in [-0.05, 0) is 49.2 Å². The van der Waals surface area contributed by atoms with Crippen molar-refractivity contribution in [2.75, 3.05) is 18.4 Å². The summed E-state index contributed by atoms with van der Waals surface area (Å²) in [5, 5.41) is 6.81. The Morgan fingerprint density at radius 3 is 2.45 bits per heavy atom. The van der Waals surface area contributed by atoms with Crippen LogP contribution in [0.25, 0.3) is 11.4 Å². The fraction of sp³-hybridized carbons (Fsp3) is 0.286. The molecular formula is C21H21FN4O4S. The monoisotopic (exact) mass is 444 g/mol. The number of anilines is 1. The van der Waals surface area contributed by atoms with Crippen molar-refractivity contribution in [3.05, 3.63) is 60.2 Å². The zero-order valence-electron chi connectivity index (χ0n) is 16.8. The van der Waals surface area contributed by atoms with Crippen LogP contribution in [0.5, 0.6) is 0 Å². The van der Waals surface area contributed by atoms with E-state index < -0.39 is 15.8 Å². The number of amides is 1. The summed E-state index contributed by atoms with van der Waals surface area (Å²) in [6.45, 7) is 2.11. The number of halogens is 1. The molecule has 0 atom stereocenters. The van der Waals surface area contributed by atoms with Gasteiger partial charge in [0.05, 0.1) is 10.6 Å². The van der Waals surface area contributed by atoms with E-state index in [0.717, 1.165) is 12.1 Å². The molecule has 3 aromatic rings. The number of nitrogens with one attached hydrogen (secondary N) is 1. The lowest BCUT2D eigenvalue weighted by molar-refractivity contribution is -0.120. The first-order valence-corrected chi connectivity index (χ1v) is 11.2. The third-order valence-electron chi connectivity index (χ3n) is 5.23. The van der Waals surface area contributed by atoms with Crippen molar-refractivity contribution < 1.29 is 22.1 Å². The number of para-hydroxylation sites is 1. The van der Waals surface area contributed by atoms with Crippen molar-refractivity contribution in [1.82, 2.24) is 14.4 Å². The number of hydrogen-bond donors (Lipinski definition) is 1. The fourth-order valence-electron chi connectivity index (χ4n) is 3.54. The van der Waals surface area contributed by atoms with Crippen LogP contribution in [0.2, 0.25) is 0 Å². The number of hydrogen-bond acceptors (Lipinski definition) is 6. The molecule has 1 aliphatic heterocycles. The largest absolute Gasteiger partial charge is 0.339 e. The van der Waals surface area contributed by atoms with Crippen molar-refractivity contribution in [3.8, 4) is 11.4 Å². The smallest absolute Gasteiger partial charge is 0.243 e. The molecule has 1 aliphatic rings. The molecule has 4 rings (SSSR count). The van der Waals surface area contributed by atoms with E-state index in [0.29, 0.717) is 35.8 Å². The second-order valence-electron chi connectivity index (χ2n) is 7.30. The molecule has 0 spiro atoms. The summed E-state index contributed by atoms with van der Waals surface area (Å²) in [4.78, 5) is 17.1. The molecule has 0 bridgehead atoms.